The van der Waals surface area contributed by atoms with Crippen molar-refractivity contribution in [2.24, 2.45) is 0 Å². The molecule has 5 rings (SSSR count). The van der Waals surface area contributed by atoms with Crippen molar-refractivity contribution in [3.05, 3.63) is 53.1 Å². The third kappa shape index (κ3) is 2.95. The van der Waals surface area contributed by atoms with Crippen molar-refractivity contribution in [3.8, 4) is 0 Å². The predicted molar refractivity (Wildman–Crippen MR) is 96.2 cm³/mol. The molecule has 1 aromatic carbocycles. The molecule has 150 valence electrons. The van der Waals surface area contributed by atoms with E-state index in [1.54, 1.807) is 12.1 Å². The van der Waals surface area contributed by atoms with Crippen LogP contribution >= 0.6 is 0 Å². The van der Waals surface area contributed by atoms with Crippen LogP contribution < -0.4 is 5.32 Å². The van der Waals surface area contributed by atoms with E-state index in [0.29, 0.717) is 11.5 Å². The van der Waals surface area contributed by atoms with Gasteiger partial charge in [-0.3, -0.25) is 14.9 Å². The summed E-state index contributed by atoms with van der Waals surface area (Å²) in [4.78, 5) is 33.6. The van der Waals surface area contributed by atoms with Crippen LogP contribution in [-0.4, -0.2) is 45.7 Å². The number of halogens is 3. The van der Waals surface area contributed by atoms with Gasteiger partial charge in [0, 0.05) is 18.5 Å². The highest BCUT2D eigenvalue weighted by molar-refractivity contribution is 6.01. The number of amides is 2. The second kappa shape index (κ2) is 6.01. The highest BCUT2D eigenvalue weighted by Crippen LogP contribution is 2.64. The molecule has 6 nitrogen and oxygen atoms in total. The molecular weight excluding hydrogens is 385 g/mol. The monoisotopic (exact) mass is 402 g/mol. The third-order valence-corrected chi connectivity index (χ3v) is 5.89. The minimum Gasteiger partial charge on any atom is -0.328 e. The first-order valence-corrected chi connectivity index (χ1v) is 9.38. The van der Waals surface area contributed by atoms with E-state index < -0.39 is 35.5 Å². The van der Waals surface area contributed by atoms with E-state index in [4.69, 9.17) is 0 Å². The van der Waals surface area contributed by atoms with Crippen LogP contribution in [-0.2, 0) is 10.2 Å². The number of hydrogen-bond acceptors (Lipinski definition) is 4. The summed E-state index contributed by atoms with van der Waals surface area (Å²) < 4.78 is 41.7. The number of carbonyl (C=O) groups is 2. The molecule has 0 saturated heterocycles. The van der Waals surface area contributed by atoms with Crippen LogP contribution in [0.5, 0.6) is 0 Å². The van der Waals surface area contributed by atoms with Gasteiger partial charge in [-0.2, -0.15) is 0 Å². The van der Waals surface area contributed by atoms with Crippen LogP contribution in [0.25, 0.3) is 0 Å². The first kappa shape index (κ1) is 18.1. The summed E-state index contributed by atoms with van der Waals surface area (Å²) in [6.07, 6.45) is 3.51. The van der Waals surface area contributed by atoms with Gasteiger partial charge in [-0.1, -0.05) is 12.1 Å². The lowest BCUT2D eigenvalue weighted by molar-refractivity contribution is -0.117. The molecule has 1 N–H and O–H groups in total. The van der Waals surface area contributed by atoms with Gasteiger partial charge in [0.15, 0.2) is 5.82 Å². The number of rotatable bonds is 4. The van der Waals surface area contributed by atoms with Gasteiger partial charge < -0.3 is 4.90 Å². The van der Waals surface area contributed by atoms with Crippen molar-refractivity contribution >= 4 is 17.8 Å². The van der Waals surface area contributed by atoms with Gasteiger partial charge >= 0.3 is 0 Å². The summed E-state index contributed by atoms with van der Waals surface area (Å²) in [6.45, 7) is -0.640. The maximum atomic E-state index is 14.4. The number of anilines is 1. The van der Waals surface area contributed by atoms with Crippen LogP contribution in [0.15, 0.2) is 30.6 Å². The third-order valence-electron chi connectivity index (χ3n) is 5.89. The molecule has 0 unspecified atom stereocenters. The van der Waals surface area contributed by atoms with Crippen molar-refractivity contribution in [1.82, 2.24) is 14.9 Å². The van der Waals surface area contributed by atoms with E-state index in [-0.39, 0.29) is 24.5 Å². The van der Waals surface area contributed by atoms with E-state index in [1.165, 1.54) is 0 Å². The molecule has 2 aromatic rings. The number of fused-ring (bicyclic) bond motifs is 2. The molecular formula is C20H17F3N4O2. The highest BCUT2D eigenvalue weighted by atomic mass is 19.3. The molecule has 2 fully saturated rings. The lowest BCUT2D eigenvalue weighted by atomic mass is 9.84. The number of nitrogens with one attached hydrogen (secondary N) is 1. The Kier molecular flexibility index (Phi) is 3.75. The highest BCUT2D eigenvalue weighted by Gasteiger charge is 2.74. The Hall–Kier alpha value is -2.97. The topological polar surface area (TPSA) is 75.2 Å². The Bertz CT molecular complexity index is 1020. The second-order valence-electron chi connectivity index (χ2n) is 7.98. The molecule has 1 atom stereocenters. The van der Waals surface area contributed by atoms with E-state index in [0.717, 1.165) is 35.7 Å². The first-order chi connectivity index (χ1) is 13.8. The number of nitrogens with zero attached hydrogens (tertiary/aromatic N) is 3. The fourth-order valence-electron chi connectivity index (χ4n) is 4.11. The lowest BCUT2D eigenvalue weighted by Gasteiger charge is -2.34. The SMILES string of the molecule is O=C(CN1C[C@@]2(CC2(F)F)c2cc(C3CC3)ccc2C1=O)Nc1ncc(F)cn1. The van der Waals surface area contributed by atoms with Gasteiger partial charge in [-0.15, -0.1) is 0 Å². The van der Waals surface area contributed by atoms with E-state index in [9.17, 15) is 22.8 Å². The predicted octanol–water partition coefficient (Wildman–Crippen LogP) is 2.86. The molecule has 2 saturated carbocycles. The Morgan fingerprint density at radius 3 is 2.55 bits per heavy atom. The van der Waals surface area contributed by atoms with Crippen LogP contribution in [0.2, 0.25) is 0 Å². The molecule has 3 aliphatic rings. The maximum absolute atomic E-state index is 14.4. The normalized spacial score (nSPS) is 24.4. The van der Waals surface area contributed by atoms with Crippen LogP contribution in [0.1, 0.15) is 46.7 Å². The number of aromatic nitrogens is 2. The molecule has 1 aliphatic heterocycles. The Morgan fingerprint density at radius 2 is 1.93 bits per heavy atom. The average molecular weight is 402 g/mol. The minimum absolute atomic E-state index is 0.123. The van der Waals surface area contributed by atoms with Crippen molar-refractivity contribution in [2.45, 2.75) is 36.5 Å². The number of alkyl halides is 2. The number of benzene rings is 1. The van der Waals surface area contributed by atoms with E-state index in [2.05, 4.69) is 15.3 Å². The largest absolute Gasteiger partial charge is 0.328 e. The maximum Gasteiger partial charge on any atom is 0.260 e. The zero-order valence-corrected chi connectivity index (χ0v) is 15.3. The fourth-order valence-corrected chi connectivity index (χ4v) is 4.11. The fraction of sp³-hybridized carbons (Fsp3) is 0.400. The molecule has 9 heteroatoms. The van der Waals surface area contributed by atoms with Gasteiger partial charge in [0.05, 0.1) is 17.8 Å². The van der Waals surface area contributed by atoms with Gasteiger partial charge in [-0.05, 0) is 36.0 Å². The number of hydrogen-bond donors (Lipinski definition) is 1. The first-order valence-electron chi connectivity index (χ1n) is 9.38. The second-order valence-corrected chi connectivity index (χ2v) is 7.98. The Labute approximate surface area is 164 Å². The summed E-state index contributed by atoms with van der Waals surface area (Å²) in [6, 6.07) is 5.18. The van der Waals surface area contributed by atoms with E-state index in [1.807, 2.05) is 6.07 Å². The molecule has 29 heavy (non-hydrogen) atoms. The zero-order valence-electron chi connectivity index (χ0n) is 15.3. The molecule has 0 radical (unpaired) electrons. The lowest BCUT2D eigenvalue weighted by Crippen LogP contribution is -2.48. The molecule has 2 heterocycles. The molecule has 0 bridgehead atoms. The van der Waals surface area contributed by atoms with Gasteiger partial charge in [0.25, 0.3) is 11.8 Å². The summed E-state index contributed by atoms with van der Waals surface area (Å²) in [5.41, 5.74) is 0.186. The minimum atomic E-state index is -2.92. The summed E-state index contributed by atoms with van der Waals surface area (Å²) in [5.74, 6) is -4.40. The summed E-state index contributed by atoms with van der Waals surface area (Å²) in [5, 5.41) is 2.35. The molecule has 1 aromatic heterocycles. The zero-order chi connectivity index (χ0) is 20.4. The summed E-state index contributed by atoms with van der Waals surface area (Å²) >= 11 is 0. The van der Waals surface area contributed by atoms with Crippen LogP contribution in [0.4, 0.5) is 19.1 Å². The van der Waals surface area contributed by atoms with Gasteiger partial charge in [0.2, 0.25) is 11.9 Å². The van der Waals surface area contributed by atoms with Crippen molar-refractivity contribution in [1.29, 1.82) is 0 Å². The van der Waals surface area contributed by atoms with E-state index >= 15 is 0 Å². The molecule has 1 spiro atoms. The molecule has 2 amide bonds. The quantitative estimate of drug-likeness (QED) is 0.854. The van der Waals surface area contributed by atoms with Gasteiger partial charge in [-0.25, -0.2) is 23.1 Å². The van der Waals surface area contributed by atoms with Crippen molar-refractivity contribution < 1.29 is 22.8 Å². The molecule has 2 aliphatic carbocycles. The average Bonchev–Trinajstić information content (AvgIpc) is 3.59. The van der Waals surface area contributed by atoms with Gasteiger partial charge in [0.1, 0.15) is 6.54 Å². The van der Waals surface area contributed by atoms with Crippen molar-refractivity contribution in [3.63, 3.8) is 0 Å². The standard InChI is InChI=1S/C20H17F3N4O2/c21-13-6-24-18(25-7-13)26-16(28)8-27-10-19(9-20(19,22)23)15-5-12(11-1-2-11)3-4-14(15)17(27)29/h3-7,11H,1-2,8-10H2,(H,24,25,26,28)/t19-/m0/s1. The smallest absolute Gasteiger partial charge is 0.260 e. The summed E-state index contributed by atoms with van der Waals surface area (Å²) in [7, 11) is 0. The number of carbonyl (C=O) groups excluding carboxylic acids is 2. The Morgan fingerprint density at radius 1 is 1.24 bits per heavy atom. The van der Waals surface area contributed by atoms with Crippen molar-refractivity contribution in [2.75, 3.05) is 18.4 Å². The van der Waals surface area contributed by atoms with Crippen LogP contribution in [0, 0.1) is 5.82 Å². The Balaban J connectivity index is 1.40. The van der Waals surface area contributed by atoms with Crippen LogP contribution in [0.3, 0.4) is 0 Å².